The molecule has 0 saturated heterocycles. The van der Waals surface area contributed by atoms with Crippen molar-refractivity contribution >= 4 is 12.2 Å². The lowest BCUT2D eigenvalue weighted by Crippen LogP contribution is -2.06. The van der Waals surface area contributed by atoms with Gasteiger partial charge in [0.2, 0.25) is 0 Å². The van der Waals surface area contributed by atoms with Crippen LogP contribution in [0, 0.1) is 0 Å². The average molecular weight is 163 g/mol. The van der Waals surface area contributed by atoms with Crippen LogP contribution in [0.3, 0.4) is 0 Å². The summed E-state index contributed by atoms with van der Waals surface area (Å²) in [7, 11) is 1.88. The van der Waals surface area contributed by atoms with Crippen LogP contribution in [0.5, 0.6) is 0 Å². The Bertz CT molecular complexity index is 260. The summed E-state index contributed by atoms with van der Waals surface area (Å²) in [5.74, 6) is 0.905. The highest BCUT2D eigenvalue weighted by Gasteiger charge is 2.02. The second-order valence-corrected chi connectivity index (χ2v) is 2.42. The van der Waals surface area contributed by atoms with Gasteiger partial charge >= 0.3 is 0 Å². The first kappa shape index (κ1) is 8.74. The van der Waals surface area contributed by atoms with Crippen molar-refractivity contribution in [2.45, 2.75) is 6.54 Å². The van der Waals surface area contributed by atoms with Crippen molar-refractivity contribution in [3.63, 3.8) is 0 Å². The van der Waals surface area contributed by atoms with Gasteiger partial charge in [-0.05, 0) is 19.2 Å². The van der Waals surface area contributed by atoms with Crippen LogP contribution >= 0.6 is 0 Å². The smallest absolute Gasteiger partial charge is 0.121 e. The van der Waals surface area contributed by atoms with E-state index >= 15 is 0 Å². The molecule has 0 aliphatic rings. The topological polar surface area (TPSA) is 40.7 Å². The third-order valence-electron chi connectivity index (χ3n) is 1.55. The average Bonchev–Trinajstić information content (AvgIpc) is 2.48. The molecule has 0 spiro atoms. The zero-order valence-corrected chi connectivity index (χ0v) is 7.22. The number of nitrogens with zero attached hydrogens (tertiary/aromatic N) is 1. The summed E-state index contributed by atoms with van der Waals surface area (Å²) in [6.07, 6.45) is 3.45. The summed E-state index contributed by atoms with van der Waals surface area (Å²) < 4.78 is 0. The van der Waals surface area contributed by atoms with E-state index in [2.05, 4.69) is 28.4 Å². The van der Waals surface area contributed by atoms with Gasteiger partial charge in [0.1, 0.15) is 5.82 Å². The molecule has 0 aromatic carbocycles. The summed E-state index contributed by atoms with van der Waals surface area (Å²) in [6, 6.07) is 0. The van der Waals surface area contributed by atoms with Crippen LogP contribution in [-0.2, 0) is 6.54 Å². The summed E-state index contributed by atoms with van der Waals surface area (Å²) in [6.45, 7) is 8.07. The van der Waals surface area contributed by atoms with Crippen molar-refractivity contribution in [3.8, 4) is 0 Å². The van der Waals surface area contributed by atoms with E-state index in [1.807, 2.05) is 7.05 Å². The van der Waals surface area contributed by atoms with E-state index in [1.165, 1.54) is 0 Å². The van der Waals surface area contributed by atoms with E-state index in [1.54, 1.807) is 12.2 Å². The summed E-state index contributed by atoms with van der Waals surface area (Å²) in [5, 5.41) is 3.01. The fourth-order valence-corrected chi connectivity index (χ4v) is 1.02. The molecule has 64 valence electrons. The van der Waals surface area contributed by atoms with Gasteiger partial charge in [-0.3, -0.25) is 0 Å². The Labute approximate surface area is 72.2 Å². The van der Waals surface area contributed by atoms with Crippen molar-refractivity contribution in [2.24, 2.45) is 0 Å². The number of imidazole rings is 1. The van der Waals surface area contributed by atoms with Crippen LogP contribution in [0.25, 0.3) is 12.2 Å². The Morgan fingerprint density at radius 2 is 2.25 bits per heavy atom. The Morgan fingerprint density at radius 3 is 2.67 bits per heavy atom. The van der Waals surface area contributed by atoms with E-state index in [4.69, 9.17) is 0 Å². The summed E-state index contributed by atoms with van der Waals surface area (Å²) in [4.78, 5) is 7.40. The number of hydrogen-bond acceptors (Lipinski definition) is 2. The maximum atomic E-state index is 4.28. The maximum absolute atomic E-state index is 4.28. The van der Waals surface area contributed by atoms with E-state index in [0.29, 0.717) is 0 Å². The molecule has 0 fully saturated rings. The van der Waals surface area contributed by atoms with Crippen molar-refractivity contribution in [2.75, 3.05) is 7.05 Å². The van der Waals surface area contributed by atoms with Gasteiger partial charge in [0, 0.05) is 0 Å². The number of hydrogen-bond donors (Lipinski definition) is 2. The molecule has 1 aromatic rings. The molecule has 0 bridgehead atoms. The molecule has 1 aromatic heterocycles. The zero-order valence-electron chi connectivity index (χ0n) is 7.22. The van der Waals surface area contributed by atoms with Crippen molar-refractivity contribution in [3.05, 3.63) is 30.4 Å². The van der Waals surface area contributed by atoms with Crippen LogP contribution in [0.4, 0.5) is 0 Å². The molecule has 1 heterocycles. The fraction of sp³-hybridized carbons (Fsp3) is 0.222. The van der Waals surface area contributed by atoms with Gasteiger partial charge in [0.05, 0.1) is 17.9 Å². The van der Waals surface area contributed by atoms with E-state index in [9.17, 15) is 0 Å². The SMILES string of the molecule is C=Cc1nc(CNC)[nH]c1C=C. The van der Waals surface area contributed by atoms with Crippen LogP contribution < -0.4 is 5.32 Å². The number of nitrogens with one attached hydrogen (secondary N) is 2. The normalized spacial score (nSPS) is 9.75. The van der Waals surface area contributed by atoms with E-state index in [-0.39, 0.29) is 0 Å². The summed E-state index contributed by atoms with van der Waals surface area (Å²) in [5.41, 5.74) is 1.78. The quantitative estimate of drug-likeness (QED) is 0.704. The molecule has 0 aliphatic heterocycles. The number of rotatable bonds is 4. The Balaban J connectivity index is 2.96. The predicted molar refractivity (Wildman–Crippen MR) is 51.5 cm³/mol. The first-order valence-electron chi connectivity index (χ1n) is 3.80. The molecule has 0 amide bonds. The fourth-order valence-electron chi connectivity index (χ4n) is 1.02. The Kier molecular flexibility index (Phi) is 2.82. The Hall–Kier alpha value is -1.35. The van der Waals surface area contributed by atoms with Gasteiger partial charge in [0.25, 0.3) is 0 Å². The van der Waals surface area contributed by atoms with Crippen molar-refractivity contribution in [1.82, 2.24) is 15.3 Å². The molecule has 12 heavy (non-hydrogen) atoms. The van der Waals surface area contributed by atoms with Crippen LogP contribution in [-0.4, -0.2) is 17.0 Å². The van der Waals surface area contributed by atoms with Gasteiger partial charge < -0.3 is 10.3 Å². The van der Waals surface area contributed by atoms with Crippen LogP contribution in [0.2, 0.25) is 0 Å². The molecular formula is C9H13N3. The van der Waals surface area contributed by atoms with Crippen molar-refractivity contribution in [1.29, 1.82) is 0 Å². The first-order valence-corrected chi connectivity index (χ1v) is 3.80. The predicted octanol–water partition coefficient (Wildman–Crippen LogP) is 1.42. The molecule has 2 N–H and O–H groups in total. The third kappa shape index (κ3) is 1.62. The standard InChI is InChI=1S/C9H13N3/c1-4-7-8(5-2)12-9(11-7)6-10-3/h4-5,10H,1-2,6H2,3H3,(H,11,12). The highest BCUT2D eigenvalue weighted by atomic mass is 15.0. The second kappa shape index (κ2) is 3.88. The van der Waals surface area contributed by atoms with Crippen LogP contribution in [0.15, 0.2) is 13.2 Å². The molecule has 0 atom stereocenters. The lowest BCUT2D eigenvalue weighted by atomic mass is 10.3. The van der Waals surface area contributed by atoms with Gasteiger partial charge in [-0.25, -0.2) is 4.98 Å². The monoisotopic (exact) mass is 163 g/mol. The summed E-state index contributed by atoms with van der Waals surface area (Å²) >= 11 is 0. The van der Waals surface area contributed by atoms with Crippen molar-refractivity contribution < 1.29 is 0 Å². The third-order valence-corrected chi connectivity index (χ3v) is 1.55. The minimum absolute atomic E-state index is 0.731. The molecule has 3 heteroatoms. The lowest BCUT2D eigenvalue weighted by molar-refractivity contribution is 0.771. The minimum Gasteiger partial charge on any atom is -0.341 e. The van der Waals surface area contributed by atoms with E-state index < -0.39 is 0 Å². The number of aromatic nitrogens is 2. The largest absolute Gasteiger partial charge is 0.341 e. The highest BCUT2D eigenvalue weighted by Crippen LogP contribution is 2.08. The molecule has 3 nitrogen and oxygen atoms in total. The lowest BCUT2D eigenvalue weighted by Gasteiger charge is -1.90. The Morgan fingerprint density at radius 1 is 1.50 bits per heavy atom. The molecule has 0 unspecified atom stereocenters. The minimum atomic E-state index is 0.731. The van der Waals surface area contributed by atoms with Gasteiger partial charge in [0.15, 0.2) is 0 Å². The van der Waals surface area contributed by atoms with Gasteiger partial charge in [-0.1, -0.05) is 13.2 Å². The van der Waals surface area contributed by atoms with Gasteiger partial charge in [-0.2, -0.15) is 0 Å². The molecule has 1 rings (SSSR count). The van der Waals surface area contributed by atoms with E-state index in [0.717, 1.165) is 23.8 Å². The van der Waals surface area contributed by atoms with Crippen LogP contribution in [0.1, 0.15) is 17.2 Å². The zero-order chi connectivity index (χ0) is 8.97. The molecule has 0 saturated carbocycles. The first-order chi connectivity index (χ1) is 5.81. The van der Waals surface area contributed by atoms with Gasteiger partial charge in [-0.15, -0.1) is 0 Å². The maximum Gasteiger partial charge on any atom is 0.121 e. The molecular weight excluding hydrogens is 150 g/mol. The second-order valence-electron chi connectivity index (χ2n) is 2.42. The molecule has 0 aliphatic carbocycles. The molecule has 0 radical (unpaired) electrons. The highest BCUT2D eigenvalue weighted by molar-refractivity contribution is 5.57. The number of H-pyrrole nitrogens is 1. The number of aromatic amines is 1.